The first-order chi connectivity index (χ1) is 12.7. The molecule has 0 spiro atoms. The molecule has 0 saturated carbocycles. The van der Waals surface area contributed by atoms with Gasteiger partial charge in [-0.25, -0.2) is 0 Å². The third-order valence-corrected chi connectivity index (χ3v) is 7.75. The molecule has 0 heterocycles. The topological polar surface area (TPSA) is 20.2 Å². The van der Waals surface area contributed by atoms with Gasteiger partial charge in [-0.1, -0.05) is 51.1 Å². The van der Waals surface area contributed by atoms with E-state index >= 15 is 0 Å². The van der Waals surface area contributed by atoms with E-state index in [1.165, 1.54) is 23.3 Å². The lowest BCUT2D eigenvalue weighted by Gasteiger charge is -2.18. The Balaban J connectivity index is 2.18. The van der Waals surface area contributed by atoms with Gasteiger partial charge >= 0.3 is 0 Å². The molecule has 0 aliphatic rings. The molecule has 0 bridgehead atoms. The van der Waals surface area contributed by atoms with Crippen molar-refractivity contribution in [1.82, 2.24) is 0 Å². The summed E-state index contributed by atoms with van der Waals surface area (Å²) in [6.07, 6.45) is 2.34. The molecule has 0 saturated heterocycles. The van der Waals surface area contributed by atoms with Gasteiger partial charge in [0.05, 0.1) is 9.52 Å². The van der Waals surface area contributed by atoms with Gasteiger partial charge in [-0.15, -0.1) is 11.8 Å². The first-order valence-electron chi connectivity index (χ1n) is 9.97. The molecule has 146 valence electrons. The van der Waals surface area contributed by atoms with Crippen LogP contribution in [0.5, 0.6) is 5.75 Å². The van der Waals surface area contributed by atoms with E-state index in [0.717, 1.165) is 26.0 Å². The average molecular weight is 399 g/mol. The van der Waals surface area contributed by atoms with Gasteiger partial charge in [0.1, 0.15) is 5.75 Å². The van der Waals surface area contributed by atoms with Crippen LogP contribution in [-0.2, 0) is 12.8 Å². The molecule has 0 fully saturated rings. The maximum Gasteiger partial charge on any atom is 0.121 e. The Kier molecular flexibility index (Phi) is 8.05. The Morgan fingerprint density at radius 2 is 1.63 bits per heavy atom. The molecule has 1 N–H and O–H groups in total. The smallest absolute Gasteiger partial charge is 0.121 e. The number of thioether (sulfide) groups is 1. The summed E-state index contributed by atoms with van der Waals surface area (Å²) >= 11 is 1.93. The molecule has 0 aromatic heterocycles. The lowest BCUT2D eigenvalue weighted by molar-refractivity contribution is 0.465. The fraction of sp³-hybridized carbons (Fsp3) is 0.500. The zero-order chi connectivity index (χ0) is 20.1. The molecular formula is C24H34OSSi. The molecule has 2 rings (SSSR count). The van der Waals surface area contributed by atoms with Crippen LogP contribution in [0.3, 0.4) is 0 Å². The van der Waals surface area contributed by atoms with E-state index in [0.29, 0.717) is 17.6 Å². The third kappa shape index (κ3) is 5.89. The number of aromatic hydroxyl groups is 1. The minimum absolute atomic E-state index is 0.444. The summed E-state index contributed by atoms with van der Waals surface area (Å²) in [7, 11) is 0.809. The van der Waals surface area contributed by atoms with Gasteiger partial charge in [0, 0.05) is 4.90 Å². The summed E-state index contributed by atoms with van der Waals surface area (Å²) in [5.74, 6) is 1.81. The Morgan fingerprint density at radius 1 is 0.963 bits per heavy atom. The van der Waals surface area contributed by atoms with Gasteiger partial charge in [-0.3, -0.25) is 0 Å². The summed E-state index contributed by atoms with van der Waals surface area (Å²) in [6.45, 7) is 15.4. The van der Waals surface area contributed by atoms with E-state index in [1.54, 1.807) is 16.3 Å². The quantitative estimate of drug-likeness (QED) is 0.448. The van der Waals surface area contributed by atoms with Crippen molar-refractivity contribution in [2.24, 2.45) is 11.8 Å². The van der Waals surface area contributed by atoms with Gasteiger partial charge in [0.15, 0.2) is 0 Å². The largest absolute Gasteiger partial charge is 0.507 e. The Hall–Kier alpha value is -1.19. The molecule has 1 nitrogen and oxygen atoms in total. The van der Waals surface area contributed by atoms with Crippen LogP contribution in [0.15, 0.2) is 29.2 Å². The predicted molar refractivity (Wildman–Crippen MR) is 122 cm³/mol. The molecule has 2 radical (unpaired) electrons. The van der Waals surface area contributed by atoms with Crippen LogP contribution in [0, 0.1) is 32.6 Å². The SMILES string of the molecule is Cc1cc(SC[Si]c2cccc(CC(C)C)c2CC(C)C)c(C)c(C)c1O. The Labute approximate surface area is 172 Å². The molecule has 0 atom stereocenters. The molecule has 2 aromatic carbocycles. The van der Waals surface area contributed by atoms with E-state index in [4.69, 9.17) is 0 Å². The summed E-state index contributed by atoms with van der Waals surface area (Å²) in [5.41, 5.74) is 6.34. The van der Waals surface area contributed by atoms with E-state index in [2.05, 4.69) is 58.9 Å². The lowest BCUT2D eigenvalue weighted by Crippen LogP contribution is -2.24. The molecule has 0 aliphatic heterocycles. The molecule has 27 heavy (non-hydrogen) atoms. The predicted octanol–water partition coefficient (Wildman–Crippen LogP) is 5.79. The van der Waals surface area contributed by atoms with E-state index in [-0.39, 0.29) is 0 Å². The van der Waals surface area contributed by atoms with Crippen LogP contribution in [0.2, 0.25) is 0 Å². The molecule has 3 heteroatoms. The molecule has 0 aliphatic carbocycles. The first kappa shape index (κ1) is 22.1. The standard InChI is InChI=1S/C24H34OSSi/c1-15(2)11-20-9-8-10-23(21(20)12-16(3)4)27-14-26-22-13-17(5)24(25)19(7)18(22)6/h8-10,13,15-16,25H,11-12,14H2,1-7H3. The number of aryl methyl sites for hydroxylation is 1. The Morgan fingerprint density at radius 3 is 2.26 bits per heavy atom. The highest BCUT2D eigenvalue weighted by Crippen LogP contribution is 2.32. The van der Waals surface area contributed by atoms with E-state index in [9.17, 15) is 5.11 Å². The number of phenolic OH excluding ortho intramolecular Hbond substituents is 1. The second-order valence-corrected chi connectivity index (χ2v) is 11.2. The molecule has 2 aromatic rings. The van der Waals surface area contributed by atoms with Gasteiger partial charge in [-0.05, 0) is 84.7 Å². The number of phenols is 1. The zero-order valence-electron chi connectivity index (χ0n) is 17.9. The number of hydrogen-bond acceptors (Lipinski definition) is 2. The van der Waals surface area contributed by atoms with Crippen molar-refractivity contribution in [1.29, 1.82) is 0 Å². The fourth-order valence-electron chi connectivity index (χ4n) is 3.45. The third-order valence-electron chi connectivity index (χ3n) is 5.01. The van der Waals surface area contributed by atoms with Crippen molar-refractivity contribution >= 4 is 26.5 Å². The summed E-state index contributed by atoms with van der Waals surface area (Å²) in [6, 6.07) is 9.04. The van der Waals surface area contributed by atoms with E-state index in [1.807, 2.05) is 25.6 Å². The molecule has 0 amide bonds. The maximum atomic E-state index is 10.1. The highest BCUT2D eigenvalue weighted by molar-refractivity contribution is 8.00. The van der Waals surface area contributed by atoms with Crippen LogP contribution >= 0.6 is 11.8 Å². The van der Waals surface area contributed by atoms with Crippen LogP contribution in [0.4, 0.5) is 0 Å². The monoisotopic (exact) mass is 398 g/mol. The molecule has 0 unspecified atom stereocenters. The number of benzene rings is 2. The minimum atomic E-state index is 0.444. The zero-order valence-corrected chi connectivity index (χ0v) is 19.8. The first-order valence-corrected chi connectivity index (χ1v) is 12.2. The van der Waals surface area contributed by atoms with Crippen molar-refractivity contribution in [3.8, 4) is 5.75 Å². The van der Waals surface area contributed by atoms with Crippen molar-refractivity contribution in [3.05, 3.63) is 52.1 Å². The molecular weight excluding hydrogens is 364 g/mol. The second-order valence-electron chi connectivity index (χ2n) is 8.39. The van der Waals surface area contributed by atoms with Crippen LogP contribution < -0.4 is 5.19 Å². The van der Waals surface area contributed by atoms with Crippen LogP contribution in [0.25, 0.3) is 0 Å². The second kappa shape index (κ2) is 9.84. The number of hydrogen-bond donors (Lipinski definition) is 1. The lowest BCUT2D eigenvalue weighted by atomic mass is 9.93. The fourth-order valence-corrected chi connectivity index (χ4v) is 6.31. The average Bonchev–Trinajstić information content (AvgIpc) is 2.59. The maximum absolute atomic E-state index is 10.1. The van der Waals surface area contributed by atoms with Crippen LogP contribution in [0.1, 0.15) is 55.5 Å². The van der Waals surface area contributed by atoms with E-state index < -0.39 is 0 Å². The highest BCUT2D eigenvalue weighted by Gasteiger charge is 2.13. The van der Waals surface area contributed by atoms with Crippen molar-refractivity contribution in [2.45, 2.75) is 66.2 Å². The van der Waals surface area contributed by atoms with Gasteiger partial charge in [0.2, 0.25) is 0 Å². The van der Waals surface area contributed by atoms with Crippen molar-refractivity contribution in [3.63, 3.8) is 0 Å². The van der Waals surface area contributed by atoms with Crippen molar-refractivity contribution < 1.29 is 5.11 Å². The summed E-state index contributed by atoms with van der Waals surface area (Å²) < 4.78 is 0. The van der Waals surface area contributed by atoms with Crippen molar-refractivity contribution in [2.75, 3.05) is 5.38 Å². The van der Waals surface area contributed by atoms with Gasteiger partial charge in [0.25, 0.3) is 0 Å². The summed E-state index contributed by atoms with van der Waals surface area (Å²) in [4.78, 5) is 1.30. The highest BCUT2D eigenvalue weighted by atomic mass is 32.2. The Bertz CT molecular complexity index is 780. The minimum Gasteiger partial charge on any atom is -0.507 e. The van der Waals surface area contributed by atoms with Gasteiger partial charge in [-0.2, -0.15) is 0 Å². The normalized spacial score (nSPS) is 11.6. The van der Waals surface area contributed by atoms with Crippen LogP contribution in [-0.4, -0.2) is 20.0 Å². The van der Waals surface area contributed by atoms with Gasteiger partial charge < -0.3 is 5.11 Å². The summed E-state index contributed by atoms with van der Waals surface area (Å²) in [5, 5.41) is 12.8. The number of rotatable bonds is 8.